The van der Waals surface area contributed by atoms with E-state index in [2.05, 4.69) is 6.92 Å². The van der Waals surface area contributed by atoms with Gasteiger partial charge in [-0.2, -0.15) is 0 Å². The second kappa shape index (κ2) is 11.1. The van der Waals surface area contributed by atoms with Crippen LogP contribution in [0.5, 0.6) is 0 Å². The van der Waals surface area contributed by atoms with Gasteiger partial charge in [0, 0.05) is 0 Å². The fourth-order valence-corrected chi connectivity index (χ4v) is 2.94. The van der Waals surface area contributed by atoms with Gasteiger partial charge in [-0.1, -0.05) is 58.3 Å². The lowest BCUT2D eigenvalue weighted by atomic mass is 10.0. The van der Waals surface area contributed by atoms with Crippen molar-refractivity contribution in [2.75, 3.05) is 7.11 Å². The van der Waals surface area contributed by atoms with Crippen LogP contribution in [0.25, 0.3) is 0 Å². The maximum Gasteiger partial charge on any atom is 0.308 e. The molecular weight excluding hydrogens is 252 g/mol. The summed E-state index contributed by atoms with van der Waals surface area (Å²) in [5.41, 5.74) is 0. The predicted molar refractivity (Wildman–Crippen MR) is 81.8 cm³/mol. The topological polar surface area (TPSA) is 35.5 Å². The van der Waals surface area contributed by atoms with Crippen LogP contribution in [0.4, 0.5) is 0 Å². The highest BCUT2D eigenvalue weighted by molar-refractivity contribution is 5.69. The first-order chi connectivity index (χ1) is 9.76. The molecule has 0 radical (unpaired) electrons. The summed E-state index contributed by atoms with van der Waals surface area (Å²) >= 11 is 0. The number of rotatable bonds is 9. The predicted octanol–water partition coefficient (Wildman–Crippen LogP) is 4.63. The van der Waals surface area contributed by atoms with Crippen molar-refractivity contribution in [3.63, 3.8) is 0 Å². The van der Waals surface area contributed by atoms with Crippen LogP contribution >= 0.6 is 0 Å². The van der Waals surface area contributed by atoms with Gasteiger partial charge in [0.25, 0.3) is 0 Å². The number of carbonyl (C=O) groups excluding carboxylic acids is 1. The van der Waals surface area contributed by atoms with Crippen molar-refractivity contribution >= 4 is 5.97 Å². The smallest absolute Gasteiger partial charge is 0.308 e. The Bertz CT molecular complexity index is 253. The maximum absolute atomic E-state index is 11.4. The zero-order valence-corrected chi connectivity index (χ0v) is 13.4. The molecule has 0 aromatic carbocycles. The van der Waals surface area contributed by atoms with E-state index in [0.29, 0.717) is 12.5 Å². The van der Waals surface area contributed by atoms with Gasteiger partial charge in [0.1, 0.15) is 0 Å². The molecule has 0 unspecified atom stereocenters. The second-order valence-electron chi connectivity index (χ2n) is 6.00. The van der Waals surface area contributed by atoms with Crippen LogP contribution < -0.4 is 0 Å². The molecule has 0 bridgehead atoms. The van der Waals surface area contributed by atoms with Crippen molar-refractivity contribution in [3.05, 3.63) is 0 Å². The average molecular weight is 284 g/mol. The molecule has 1 rings (SSSR count). The zero-order chi connectivity index (χ0) is 14.6. The lowest BCUT2D eigenvalue weighted by Gasteiger charge is -2.21. The molecule has 0 aromatic heterocycles. The first-order valence-electron chi connectivity index (χ1n) is 8.48. The summed E-state index contributed by atoms with van der Waals surface area (Å²) in [7, 11) is 1.45. The number of esters is 1. The van der Waals surface area contributed by atoms with Gasteiger partial charge in [0.15, 0.2) is 0 Å². The summed E-state index contributed by atoms with van der Waals surface area (Å²) in [5.74, 6) is -0.143. The molecule has 2 atom stereocenters. The lowest BCUT2D eigenvalue weighted by Crippen LogP contribution is -2.23. The summed E-state index contributed by atoms with van der Waals surface area (Å²) in [4.78, 5) is 11.4. The van der Waals surface area contributed by atoms with Crippen LogP contribution in [0.15, 0.2) is 0 Å². The fraction of sp³-hybridized carbons (Fsp3) is 0.941. The molecule has 1 saturated heterocycles. The molecule has 118 valence electrons. The van der Waals surface area contributed by atoms with Crippen LogP contribution in [-0.4, -0.2) is 25.3 Å². The molecule has 1 heterocycles. The Morgan fingerprint density at radius 1 is 1.05 bits per heavy atom. The molecule has 0 amide bonds. The third-order valence-electron chi connectivity index (χ3n) is 4.19. The van der Waals surface area contributed by atoms with Gasteiger partial charge in [-0.05, 0) is 19.3 Å². The summed E-state index contributed by atoms with van der Waals surface area (Å²) < 4.78 is 10.9. The molecule has 20 heavy (non-hydrogen) atoms. The standard InChI is InChI=1S/C17H32O3/c1-3-4-5-6-7-8-11-15-12-9-10-13-16(20-15)14-17(18)19-2/h15-16H,3-14H2,1-2H3/t15-,16-/m1/s1. The van der Waals surface area contributed by atoms with E-state index >= 15 is 0 Å². The van der Waals surface area contributed by atoms with Crippen LogP contribution in [0.2, 0.25) is 0 Å². The van der Waals surface area contributed by atoms with E-state index in [1.807, 2.05) is 0 Å². The van der Waals surface area contributed by atoms with Gasteiger partial charge in [0.2, 0.25) is 0 Å². The van der Waals surface area contributed by atoms with Crippen molar-refractivity contribution in [2.24, 2.45) is 0 Å². The Balaban J connectivity index is 2.17. The molecule has 0 aliphatic carbocycles. The summed E-state index contributed by atoms with van der Waals surface area (Å²) in [6.45, 7) is 2.25. The number of unbranched alkanes of at least 4 members (excludes halogenated alkanes) is 5. The third-order valence-corrected chi connectivity index (χ3v) is 4.19. The van der Waals surface area contributed by atoms with Gasteiger partial charge in [-0.25, -0.2) is 0 Å². The van der Waals surface area contributed by atoms with Gasteiger partial charge < -0.3 is 9.47 Å². The summed E-state index contributed by atoms with van der Waals surface area (Å²) in [6.07, 6.45) is 14.6. The quantitative estimate of drug-likeness (QED) is 0.457. The second-order valence-corrected chi connectivity index (χ2v) is 6.00. The van der Waals surface area contributed by atoms with E-state index in [0.717, 1.165) is 19.3 Å². The highest BCUT2D eigenvalue weighted by Crippen LogP contribution is 2.24. The molecule has 3 nitrogen and oxygen atoms in total. The number of hydrogen-bond acceptors (Lipinski definition) is 3. The molecule has 1 aliphatic heterocycles. The number of hydrogen-bond donors (Lipinski definition) is 0. The van der Waals surface area contributed by atoms with Gasteiger partial charge in [-0.15, -0.1) is 0 Å². The Morgan fingerprint density at radius 2 is 1.70 bits per heavy atom. The Labute approximate surface area is 124 Å². The molecule has 0 spiro atoms. The average Bonchev–Trinajstić information content (AvgIpc) is 2.67. The Kier molecular flexibility index (Phi) is 9.73. The van der Waals surface area contributed by atoms with Gasteiger partial charge >= 0.3 is 5.97 Å². The van der Waals surface area contributed by atoms with Gasteiger partial charge in [0.05, 0.1) is 25.7 Å². The van der Waals surface area contributed by atoms with E-state index in [-0.39, 0.29) is 12.1 Å². The minimum absolute atomic E-state index is 0.0787. The Hall–Kier alpha value is -0.570. The highest BCUT2D eigenvalue weighted by atomic mass is 16.5. The third kappa shape index (κ3) is 7.88. The Morgan fingerprint density at radius 3 is 2.40 bits per heavy atom. The highest BCUT2D eigenvalue weighted by Gasteiger charge is 2.22. The van der Waals surface area contributed by atoms with Crippen molar-refractivity contribution in [1.29, 1.82) is 0 Å². The first kappa shape index (κ1) is 17.5. The monoisotopic (exact) mass is 284 g/mol. The molecule has 0 N–H and O–H groups in total. The fourth-order valence-electron chi connectivity index (χ4n) is 2.94. The maximum atomic E-state index is 11.4. The SMILES string of the molecule is CCCCCCCC[C@@H]1CCCC[C@H](CC(=O)OC)O1. The number of carbonyl (C=O) groups is 1. The molecule has 1 aliphatic rings. The normalized spacial score (nSPS) is 23.3. The van der Waals surface area contributed by atoms with E-state index in [4.69, 9.17) is 9.47 Å². The largest absolute Gasteiger partial charge is 0.469 e. The van der Waals surface area contributed by atoms with Crippen LogP contribution in [-0.2, 0) is 14.3 Å². The minimum Gasteiger partial charge on any atom is -0.469 e. The van der Waals surface area contributed by atoms with Crippen LogP contribution in [0.3, 0.4) is 0 Å². The molecule has 0 aromatic rings. The van der Waals surface area contributed by atoms with Crippen LogP contribution in [0, 0.1) is 0 Å². The lowest BCUT2D eigenvalue weighted by molar-refractivity contribution is -0.145. The number of ether oxygens (including phenoxy) is 2. The van der Waals surface area contributed by atoms with Crippen molar-refractivity contribution < 1.29 is 14.3 Å². The first-order valence-corrected chi connectivity index (χ1v) is 8.48. The zero-order valence-electron chi connectivity index (χ0n) is 13.4. The summed E-state index contributed by atoms with van der Waals surface area (Å²) in [6, 6.07) is 0. The van der Waals surface area contributed by atoms with E-state index in [9.17, 15) is 4.79 Å². The van der Waals surface area contributed by atoms with Crippen molar-refractivity contribution in [1.82, 2.24) is 0 Å². The van der Waals surface area contributed by atoms with Crippen molar-refractivity contribution in [3.8, 4) is 0 Å². The van der Waals surface area contributed by atoms with E-state index in [1.165, 1.54) is 58.5 Å². The summed E-state index contributed by atoms with van der Waals surface area (Å²) in [5, 5.41) is 0. The van der Waals surface area contributed by atoms with Crippen LogP contribution in [0.1, 0.15) is 84.0 Å². The molecule has 3 heteroatoms. The van der Waals surface area contributed by atoms with Gasteiger partial charge in [-0.3, -0.25) is 4.79 Å². The van der Waals surface area contributed by atoms with Crippen molar-refractivity contribution in [2.45, 2.75) is 96.2 Å². The number of methoxy groups -OCH3 is 1. The van der Waals surface area contributed by atoms with E-state index in [1.54, 1.807) is 0 Å². The van der Waals surface area contributed by atoms with E-state index < -0.39 is 0 Å². The molecule has 1 fully saturated rings. The molecule has 0 saturated carbocycles. The molecular formula is C17H32O3. The minimum atomic E-state index is -0.143.